The molecule has 7 heteroatoms. The van der Waals surface area contributed by atoms with Crippen LogP contribution in [0.1, 0.15) is 46.7 Å². The number of rotatable bonds is 9. The lowest BCUT2D eigenvalue weighted by Crippen LogP contribution is -2.38. The van der Waals surface area contributed by atoms with E-state index >= 15 is 0 Å². The zero-order valence-electron chi connectivity index (χ0n) is 18.0. The second-order valence-corrected chi connectivity index (χ2v) is 8.43. The van der Waals surface area contributed by atoms with Crippen molar-refractivity contribution in [2.75, 3.05) is 20.1 Å². The number of benzene rings is 2. The Morgan fingerprint density at radius 2 is 1.87 bits per heavy atom. The molecule has 0 aliphatic rings. The molecule has 0 aliphatic heterocycles. The molecule has 0 fully saturated rings. The predicted molar refractivity (Wildman–Crippen MR) is 129 cm³/mol. The van der Waals surface area contributed by atoms with Gasteiger partial charge in [0.2, 0.25) is 0 Å². The first-order chi connectivity index (χ1) is 15.1. The molecule has 2 aromatic carbocycles. The molecular weight excluding hydrogens is 408 g/mol. The predicted octanol–water partition coefficient (Wildman–Crippen LogP) is 3.83. The van der Waals surface area contributed by atoms with Gasteiger partial charge < -0.3 is 21.1 Å². The SMILES string of the molecule is CCCCNC(=O)c1ccc(CNC(=NC)NCC(O)c2cc3ccccc3s2)cc1. The quantitative estimate of drug-likeness (QED) is 0.232. The number of hydrogen-bond acceptors (Lipinski definition) is 4. The second kappa shape index (κ2) is 11.5. The molecule has 1 amide bonds. The lowest BCUT2D eigenvalue weighted by Gasteiger charge is -2.15. The van der Waals surface area contributed by atoms with E-state index in [1.165, 1.54) is 4.70 Å². The third-order valence-corrected chi connectivity index (χ3v) is 6.17. The van der Waals surface area contributed by atoms with Gasteiger partial charge in [-0.2, -0.15) is 0 Å². The van der Waals surface area contributed by atoms with Gasteiger partial charge >= 0.3 is 0 Å². The molecule has 0 saturated carbocycles. The molecular formula is C24H30N4O2S. The number of aliphatic hydroxyl groups is 1. The largest absolute Gasteiger partial charge is 0.386 e. The number of thiophene rings is 1. The average molecular weight is 439 g/mol. The number of carbonyl (C=O) groups excluding carboxylic acids is 1. The molecule has 0 radical (unpaired) electrons. The molecule has 3 aromatic rings. The monoisotopic (exact) mass is 438 g/mol. The molecule has 3 rings (SSSR count). The van der Waals surface area contributed by atoms with Gasteiger partial charge in [-0.1, -0.05) is 43.7 Å². The van der Waals surface area contributed by atoms with E-state index in [0.717, 1.165) is 28.7 Å². The van der Waals surface area contributed by atoms with E-state index in [1.54, 1.807) is 18.4 Å². The molecule has 0 bridgehead atoms. The van der Waals surface area contributed by atoms with Crippen molar-refractivity contribution in [2.45, 2.75) is 32.4 Å². The number of guanidine groups is 1. The van der Waals surface area contributed by atoms with E-state index in [1.807, 2.05) is 42.5 Å². The molecule has 31 heavy (non-hydrogen) atoms. The molecule has 4 N–H and O–H groups in total. The van der Waals surface area contributed by atoms with E-state index < -0.39 is 6.10 Å². The lowest BCUT2D eigenvalue weighted by atomic mass is 10.1. The van der Waals surface area contributed by atoms with Crippen molar-refractivity contribution in [1.82, 2.24) is 16.0 Å². The van der Waals surface area contributed by atoms with Gasteiger partial charge in [0.05, 0.1) is 0 Å². The number of nitrogens with one attached hydrogen (secondary N) is 3. The van der Waals surface area contributed by atoms with Crippen molar-refractivity contribution in [2.24, 2.45) is 4.99 Å². The second-order valence-electron chi connectivity index (χ2n) is 7.32. The number of carbonyl (C=O) groups is 1. The Bertz CT molecular complexity index is 981. The minimum atomic E-state index is -0.610. The summed E-state index contributed by atoms with van der Waals surface area (Å²) in [4.78, 5) is 17.2. The van der Waals surface area contributed by atoms with Crippen LogP contribution in [0.3, 0.4) is 0 Å². The maximum atomic E-state index is 12.1. The number of aliphatic imine (C=N–C) groups is 1. The van der Waals surface area contributed by atoms with Gasteiger partial charge in [-0.25, -0.2) is 0 Å². The number of fused-ring (bicyclic) bond motifs is 1. The van der Waals surface area contributed by atoms with Crippen molar-refractivity contribution in [1.29, 1.82) is 0 Å². The Morgan fingerprint density at radius 3 is 2.58 bits per heavy atom. The van der Waals surface area contributed by atoms with Crippen molar-refractivity contribution in [3.05, 3.63) is 70.6 Å². The Balaban J connectivity index is 1.47. The van der Waals surface area contributed by atoms with Gasteiger partial charge in [-0.05, 0) is 41.6 Å². The highest BCUT2D eigenvalue weighted by Crippen LogP contribution is 2.29. The van der Waals surface area contributed by atoms with Crippen LogP contribution in [0, 0.1) is 0 Å². The normalized spacial score (nSPS) is 12.5. The minimum absolute atomic E-state index is 0.0411. The first kappa shape index (κ1) is 22.8. The smallest absolute Gasteiger partial charge is 0.251 e. The van der Waals surface area contributed by atoms with Crippen LogP contribution >= 0.6 is 11.3 Å². The Hall–Kier alpha value is -2.90. The zero-order valence-corrected chi connectivity index (χ0v) is 18.8. The lowest BCUT2D eigenvalue weighted by molar-refractivity contribution is 0.0953. The third kappa shape index (κ3) is 6.54. The van der Waals surface area contributed by atoms with Crippen LogP contribution in [0.4, 0.5) is 0 Å². The molecule has 0 aliphatic carbocycles. The van der Waals surface area contributed by atoms with Crippen LogP contribution in [0.5, 0.6) is 0 Å². The summed E-state index contributed by atoms with van der Waals surface area (Å²) in [5.41, 5.74) is 1.70. The number of hydrogen-bond donors (Lipinski definition) is 4. The topological polar surface area (TPSA) is 85.8 Å². The van der Waals surface area contributed by atoms with E-state index in [-0.39, 0.29) is 5.91 Å². The Kier molecular flexibility index (Phi) is 8.44. The van der Waals surface area contributed by atoms with Gasteiger partial charge in [-0.3, -0.25) is 9.79 Å². The highest BCUT2D eigenvalue weighted by Gasteiger charge is 2.12. The first-order valence-electron chi connectivity index (χ1n) is 10.6. The van der Waals surface area contributed by atoms with Crippen LogP contribution < -0.4 is 16.0 Å². The fraction of sp³-hybridized carbons (Fsp3) is 0.333. The van der Waals surface area contributed by atoms with Crippen molar-refractivity contribution >= 4 is 33.3 Å². The highest BCUT2D eigenvalue weighted by atomic mass is 32.1. The summed E-state index contributed by atoms with van der Waals surface area (Å²) in [7, 11) is 1.70. The highest BCUT2D eigenvalue weighted by molar-refractivity contribution is 7.19. The number of amides is 1. The molecule has 164 valence electrons. The average Bonchev–Trinajstić information content (AvgIpc) is 3.24. The van der Waals surface area contributed by atoms with Crippen molar-refractivity contribution in [3.63, 3.8) is 0 Å². The van der Waals surface area contributed by atoms with Crippen molar-refractivity contribution in [3.8, 4) is 0 Å². The summed E-state index contributed by atoms with van der Waals surface area (Å²) in [5.74, 6) is 0.571. The maximum absolute atomic E-state index is 12.1. The summed E-state index contributed by atoms with van der Waals surface area (Å²) >= 11 is 1.60. The van der Waals surface area contributed by atoms with Crippen LogP contribution in [0.25, 0.3) is 10.1 Å². The standard InChI is InChI=1S/C24H30N4O2S/c1-3-4-13-26-23(30)18-11-9-17(10-12-18)15-27-24(25-2)28-16-20(29)22-14-19-7-5-6-8-21(19)31-22/h5-12,14,20,29H,3-4,13,15-16H2,1-2H3,(H,26,30)(H2,25,27,28). The van der Waals surface area contributed by atoms with Crippen LogP contribution in [-0.4, -0.2) is 37.1 Å². The van der Waals surface area contributed by atoms with Gasteiger partial charge in [0.1, 0.15) is 6.10 Å². The Morgan fingerprint density at radius 1 is 1.10 bits per heavy atom. The van der Waals surface area contributed by atoms with Crippen LogP contribution in [-0.2, 0) is 6.54 Å². The maximum Gasteiger partial charge on any atom is 0.251 e. The van der Waals surface area contributed by atoms with Gasteiger partial charge in [0, 0.05) is 41.8 Å². The van der Waals surface area contributed by atoms with E-state index in [4.69, 9.17) is 0 Å². The fourth-order valence-electron chi connectivity index (χ4n) is 3.12. The third-order valence-electron chi connectivity index (χ3n) is 4.95. The molecule has 0 spiro atoms. The summed E-state index contributed by atoms with van der Waals surface area (Å²) < 4.78 is 1.17. The van der Waals surface area contributed by atoms with Crippen LogP contribution in [0.15, 0.2) is 59.6 Å². The summed E-state index contributed by atoms with van der Waals surface area (Å²) in [5, 5.41) is 21.0. The number of nitrogens with zero attached hydrogens (tertiary/aromatic N) is 1. The van der Waals surface area contributed by atoms with Gasteiger partial charge in [0.15, 0.2) is 5.96 Å². The molecule has 1 atom stereocenters. The van der Waals surface area contributed by atoms with E-state index in [2.05, 4.69) is 40.0 Å². The first-order valence-corrected chi connectivity index (χ1v) is 11.4. The zero-order chi connectivity index (χ0) is 22.1. The molecule has 0 saturated heterocycles. The summed E-state index contributed by atoms with van der Waals surface area (Å²) in [6.45, 7) is 3.73. The molecule has 1 aromatic heterocycles. The fourth-order valence-corrected chi connectivity index (χ4v) is 4.17. The minimum Gasteiger partial charge on any atom is -0.386 e. The Labute approximate surface area is 187 Å². The van der Waals surface area contributed by atoms with Gasteiger partial charge in [-0.15, -0.1) is 11.3 Å². The van der Waals surface area contributed by atoms with Gasteiger partial charge in [0.25, 0.3) is 5.91 Å². The molecule has 6 nitrogen and oxygen atoms in total. The summed E-state index contributed by atoms with van der Waals surface area (Å²) in [6.07, 6.45) is 1.43. The number of aliphatic hydroxyl groups excluding tert-OH is 1. The number of unbranched alkanes of at least 4 members (excludes halogenated alkanes) is 1. The molecule has 1 unspecified atom stereocenters. The van der Waals surface area contributed by atoms with E-state index in [0.29, 0.717) is 31.2 Å². The molecule has 1 heterocycles. The summed E-state index contributed by atoms with van der Waals surface area (Å²) in [6, 6.07) is 17.7. The van der Waals surface area contributed by atoms with Crippen molar-refractivity contribution < 1.29 is 9.90 Å². The van der Waals surface area contributed by atoms with Crippen LogP contribution in [0.2, 0.25) is 0 Å². The van der Waals surface area contributed by atoms with E-state index in [9.17, 15) is 9.90 Å².